The maximum atomic E-state index is 9.18. The van der Waals surface area contributed by atoms with E-state index >= 15 is 0 Å². The predicted octanol–water partition coefficient (Wildman–Crippen LogP) is 2.04. The largest absolute Gasteiger partial charge is 0.396 e. The van der Waals surface area contributed by atoms with Gasteiger partial charge in [-0.2, -0.15) is 0 Å². The van der Waals surface area contributed by atoms with Crippen molar-refractivity contribution in [3.8, 4) is 0 Å². The zero-order chi connectivity index (χ0) is 12.3. The summed E-state index contributed by atoms with van der Waals surface area (Å²) in [4.78, 5) is 2.59. The lowest BCUT2D eigenvalue weighted by Gasteiger charge is -2.49. The van der Waals surface area contributed by atoms with Crippen LogP contribution in [0.15, 0.2) is 0 Å². The highest BCUT2D eigenvalue weighted by molar-refractivity contribution is 4.93. The van der Waals surface area contributed by atoms with E-state index in [1.54, 1.807) is 0 Å². The highest BCUT2D eigenvalue weighted by Gasteiger charge is 2.39. The summed E-state index contributed by atoms with van der Waals surface area (Å²) < 4.78 is 5.75. The molecule has 0 radical (unpaired) electrons. The van der Waals surface area contributed by atoms with Crippen LogP contribution in [0.4, 0.5) is 0 Å². The zero-order valence-corrected chi connectivity index (χ0v) is 11.3. The van der Waals surface area contributed by atoms with Gasteiger partial charge in [-0.15, -0.1) is 0 Å². The van der Waals surface area contributed by atoms with Crippen LogP contribution in [0, 0.1) is 5.92 Å². The van der Waals surface area contributed by atoms with Crippen LogP contribution in [0.25, 0.3) is 0 Å². The van der Waals surface area contributed by atoms with Crippen molar-refractivity contribution in [2.75, 3.05) is 26.3 Å². The van der Waals surface area contributed by atoms with Gasteiger partial charge in [0.1, 0.15) is 0 Å². The Balaban J connectivity index is 1.94. The summed E-state index contributed by atoms with van der Waals surface area (Å²) in [6.45, 7) is 8.20. The molecule has 0 aromatic carbocycles. The SMILES string of the molecule is CC1(C)C(CCO)CCCN1CC1CCCO1. The molecule has 0 aromatic rings. The van der Waals surface area contributed by atoms with E-state index in [0.717, 1.165) is 19.6 Å². The van der Waals surface area contributed by atoms with Gasteiger partial charge in [-0.1, -0.05) is 0 Å². The van der Waals surface area contributed by atoms with Crippen LogP contribution in [0.2, 0.25) is 0 Å². The summed E-state index contributed by atoms with van der Waals surface area (Å²) in [5.74, 6) is 0.627. The average Bonchev–Trinajstić information content (AvgIpc) is 2.77. The van der Waals surface area contributed by atoms with Crippen molar-refractivity contribution >= 4 is 0 Å². The lowest BCUT2D eigenvalue weighted by atomic mass is 9.77. The Morgan fingerprint density at radius 2 is 2.12 bits per heavy atom. The lowest BCUT2D eigenvalue weighted by molar-refractivity contribution is -0.0245. The Labute approximate surface area is 105 Å². The number of hydrogen-bond donors (Lipinski definition) is 1. The molecule has 17 heavy (non-hydrogen) atoms. The fourth-order valence-electron chi connectivity index (χ4n) is 3.44. The van der Waals surface area contributed by atoms with Gasteiger partial charge in [0.15, 0.2) is 0 Å². The van der Waals surface area contributed by atoms with Crippen LogP contribution in [0.3, 0.4) is 0 Å². The minimum absolute atomic E-state index is 0.215. The monoisotopic (exact) mass is 241 g/mol. The van der Waals surface area contributed by atoms with Crippen molar-refractivity contribution in [3.63, 3.8) is 0 Å². The molecule has 0 saturated carbocycles. The van der Waals surface area contributed by atoms with Gasteiger partial charge in [-0.3, -0.25) is 4.90 Å². The lowest BCUT2D eigenvalue weighted by Crippen LogP contribution is -2.55. The van der Waals surface area contributed by atoms with E-state index in [2.05, 4.69) is 18.7 Å². The molecule has 100 valence electrons. The van der Waals surface area contributed by atoms with E-state index in [0.29, 0.717) is 18.6 Å². The Bertz CT molecular complexity index is 234. The topological polar surface area (TPSA) is 32.7 Å². The van der Waals surface area contributed by atoms with Gasteiger partial charge in [0.05, 0.1) is 6.10 Å². The van der Waals surface area contributed by atoms with Crippen LogP contribution >= 0.6 is 0 Å². The van der Waals surface area contributed by atoms with E-state index in [4.69, 9.17) is 4.74 Å². The van der Waals surface area contributed by atoms with Gasteiger partial charge in [0, 0.05) is 25.3 Å². The maximum Gasteiger partial charge on any atom is 0.0703 e. The molecule has 1 N–H and O–H groups in total. The number of aliphatic hydroxyl groups excluding tert-OH is 1. The fraction of sp³-hybridized carbons (Fsp3) is 1.00. The third-order valence-corrected chi connectivity index (χ3v) is 4.72. The zero-order valence-electron chi connectivity index (χ0n) is 11.3. The summed E-state index contributed by atoms with van der Waals surface area (Å²) >= 11 is 0. The third kappa shape index (κ3) is 3.01. The number of hydrogen-bond acceptors (Lipinski definition) is 3. The number of rotatable bonds is 4. The highest BCUT2D eigenvalue weighted by Crippen LogP contribution is 2.36. The molecule has 0 bridgehead atoms. The minimum Gasteiger partial charge on any atom is -0.396 e. The Morgan fingerprint density at radius 3 is 2.76 bits per heavy atom. The number of piperidine rings is 1. The molecule has 0 aliphatic carbocycles. The smallest absolute Gasteiger partial charge is 0.0703 e. The van der Waals surface area contributed by atoms with Gasteiger partial charge in [0.2, 0.25) is 0 Å². The van der Waals surface area contributed by atoms with E-state index in [9.17, 15) is 5.11 Å². The number of ether oxygens (including phenoxy) is 1. The standard InChI is InChI=1S/C14H27NO2/c1-14(2)12(7-9-16)5-3-8-15(14)11-13-6-4-10-17-13/h12-13,16H,3-11H2,1-2H3. The average molecular weight is 241 g/mol. The van der Waals surface area contributed by atoms with Crippen LogP contribution in [-0.4, -0.2) is 48.0 Å². The third-order valence-electron chi connectivity index (χ3n) is 4.72. The second-order valence-electron chi connectivity index (χ2n) is 6.09. The van der Waals surface area contributed by atoms with E-state index in [1.165, 1.54) is 32.2 Å². The molecule has 2 aliphatic heterocycles. The molecule has 3 nitrogen and oxygen atoms in total. The second-order valence-corrected chi connectivity index (χ2v) is 6.09. The van der Waals surface area contributed by atoms with Crippen molar-refractivity contribution in [1.82, 2.24) is 4.90 Å². The maximum absolute atomic E-state index is 9.18. The normalized spacial score (nSPS) is 34.1. The first-order valence-corrected chi connectivity index (χ1v) is 7.12. The van der Waals surface area contributed by atoms with Crippen molar-refractivity contribution in [2.24, 2.45) is 5.92 Å². The van der Waals surface area contributed by atoms with Crippen LogP contribution in [0.5, 0.6) is 0 Å². The molecular formula is C14H27NO2. The predicted molar refractivity (Wildman–Crippen MR) is 69.1 cm³/mol. The Kier molecular flexibility index (Phi) is 4.45. The molecule has 2 rings (SSSR count). The van der Waals surface area contributed by atoms with Crippen molar-refractivity contribution < 1.29 is 9.84 Å². The first-order valence-electron chi connectivity index (χ1n) is 7.12. The summed E-state index contributed by atoms with van der Waals surface area (Å²) in [6, 6.07) is 0. The number of aliphatic hydroxyl groups is 1. The molecule has 2 unspecified atom stereocenters. The van der Waals surface area contributed by atoms with Gasteiger partial charge in [-0.25, -0.2) is 0 Å². The summed E-state index contributed by atoms with van der Waals surface area (Å²) in [6.07, 6.45) is 6.35. The molecule has 0 spiro atoms. The molecule has 2 atom stereocenters. The molecular weight excluding hydrogens is 214 g/mol. The molecule has 2 fully saturated rings. The van der Waals surface area contributed by atoms with Crippen LogP contribution in [-0.2, 0) is 4.74 Å². The van der Waals surface area contributed by atoms with E-state index in [1.807, 2.05) is 0 Å². The van der Waals surface area contributed by atoms with E-state index in [-0.39, 0.29) is 5.54 Å². The van der Waals surface area contributed by atoms with Gasteiger partial charge in [0.25, 0.3) is 0 Å². The molecule has 2 aliphatic rings. The van der Waals surface area contributed by atoms with Gasteiger partial charge in [-0.05, 0) is 58.4 Å². The van der Waals surface area contributed by atoms with Gasteiger partial charge >= 0.3 is 0 Å². The molecule has 3 heteroatoms. The quantitative estimate of drug-likeness (QED) is 0.817. The highest BCUT2D eigenvalue weighted by atomic mass is 16.5. The van der Waals surface area contributed by atoms with E-state index < -0.39 is 0 Å². The fourth-order valence-corrected chi connectivity index (χ4v) is 3.44. The van der Waals surface area contributed by atoms with Gasteiger partial charge < -0.3 is 9.84 Å². The van der Waals surface area contributed by atoms with Crippen LogP contribution in [0.1, 0.15) is 46.0 Å². The Hall–Kier alpha value is -0.120. The number of nitrogens with zero attached hydrogens (tertiary/aromatic N) is 1. The summed E-state index contributed by atoms with van der Waals surface area (Å²) in [7, 11) is 0. The summed E-state index contributed by atoms with van der Waals surface area (Å²) in [5, 5.41) is 9.18. The molecule has 0 amide bonds. The first-order chi connectivity index (χ1) is 8.14. The number of likely N-dealkylation sites (tertiary alicyclic amines) is 1. The first kappa shape index (κ1) is 13.3. The Morgan fingerprint density at radius 1 is 1.29 bits per heavy atom. The van der Waals surface area contributed by atoms with Crippen molar-refractivity contribution in [2.45, 2.75) is 57.6 Å². The summed E-state index contributed by atoms with van der Waals surface area (Å²) in [5.41, 5.74) is 0.215. The molecule has 2 heterocycles. The van der Waals surface area contributed by atoms with Crippen LogP contribution < -0.4 is 0 Å². The van der Waals surface area contributed by atoms with Crippen molar-refractivity contribution in [1.29, 1.82) is 0 Å². The minimum atomic E-state index is 0.215. The second kappa shape index (κ2) is 5.68. The molecule has 2 saturated heterocycles. The van der Waals surface area contributed by atoms with Crippen molar-refractivity contribution in [3.05, 3.63) is 0 Å². The molecule has 0 aromatic heterocycles.